The summed E-state index contributed by atoms with van der Waals surface area (Å²) >= 11 is 0. The fourth-order valence-electron chi connectivity index (χ4n) is 2.86. The second kappa shape index (κ2) is 10.3. The van der Waals surface area contributed by atoms with Crippen LogP contribution in [0.25, 0.3) is 0 Å². The van der Waals surface area contributed by atoms with Crippen molar-refractivity contribution in [2.45, 2.75) is 45.4 Å². The van der Waals surface area contributed by atoms with Crippen LogP contribution in [0.3, 0.4) is 0 Å². The lowest BCUT2D eigenvalue weighted by atomic mass is 10.1. The molecule has 0 saturated carbocycles. The number of ether oxygens (including phenoxy) is 1. The lowest BCUT2D eigenvalue weighted by Crippen LogP contribution is -2.33. The van der Waals surface area contributed by atoms with Gasteiger partial charge in [0, 0.05) is 13.0 Å². The number of aryl methyl sites for hydroxylation is 1. The number of carbonyl (C=O) groups is 1. The smallest absolute Gasteiger partial charge is 0.220 e. The van der Waals surface area contributed by atoms with Crippen molar-refractivity contribution in [1.29, 1.82) is 0 Å². The minimum absolute atomic E-state index is 0.135. The molecule has 0 atom stereocenters. The summed E-state index contributed by atoms with van der Waals surface area (Å²) in [5, 5.41) is 3.01. The van der Waals surface area contributed by atoms with E-state index in [-0.39, 0.29) is 5.91 Å². The highest BCUT2D eigenvalue weighted by molar-refractivity contribution is 5.75. The van der Waals surface area contributed by atoms with Crippen LogP contribution in [-0.4, -0.2) is 43.6 Å². The average molecular weight is 318 g/mol. The summed E-state index contributed by atoms with van der Waals surface area (Å²) in [5.41, 5.74) is 1.22. The Balaban J connectivity index is 1.46. The van der Waals surface area contributed by atoms with Crippen molar-refractivity contribution < 1.29 is 9.53 Å². The maximum atomic E-state index is 11.8. The first-order chi connectivity index (χ1) is 11.2. The maximum Gasteiger partial charge on any atom is 0.220 e. The number of carbonyl (C=O) groups excluding carboxylic acids is 1. The van der Waals surface area contributed by atoms with E-state index in [4.69, 9.17) is 4.74 Å². The van der Waals surface area contributed by atoms with Gasteiger partial charge >= 0.3 is 0 Å². The molecule has 1 aliphatic rings. The van der Waals surface area contributed by atoms with Crippen LogP contribution in [0.15, 0.2) is 24.3 Å². The standard InChI is InChI=1S/C19H30N2O2/c1-17-8-10-18(11-9-17)23-16-5-7-19(22)20-12-6-15-21-13-3-2-4-14-21/h8-11H,2-7,12-16H2,1H3,(H,20,22). The molecule has 23 heavy (non-hydrogen) atoms. The quantitative estimate of drug-likeness (QED) is 0.711. The summed E-state index contributed by atoms with van der Waals surface area (Å²) in [6, 6.07) is 8.00. The van der Waals surface area contributed by atoms with Crippen LogP contribution >= 0.6 is 0 Å². The number of hydrogen-bond donors (Lipinski definition) is 1. The van der Waals surface area contributed by atoms with E-state index in [9.17, 15) is 4.79 Å². The Kier molecular flexibility index (Phi) is 7.95. The molecule has 1 N–H and O–H groups in total. The Hall–Kier alpha value is -1.55. The number of benzene rings is 1. The maximum absolute atomic E-state index is 11.8. The van der Waals surface area contributed by atoms with Gasteiger partial charge in [0.05, 0.1) is 6.61 Å². The number of rotatable bonds is 9. The average Bonchev–Trinajstić information content (AvgIpc) is 2.58. The van der Waals surface area contributed by atoms with E-state index in [1.165, 1.54) is 37.9 Å². The van der Waals surface area contributed by atoms with Crippen LogP contribution in [-0.2, 0) is 4.79 Å². The fourth-order valence-corrected chi connectivity index (χ4v) is 2.86. The molecule has 1 aliphatic heterocycles. The van der Waals surface area contributed by atoms with E-state index < -0.39 is 0 Å². The zero-order valence-corrected chi connectivity index (χ0v) is 14.4. The normalized spacial score (nSPS) is 15.3. The monoisotopic (exact) mass is 318 g/mol. The highest BCUT2D eigenvalue weighted by Gasteiger charge is 2.09. The number of amides is 1. The van der Waals surface area contributed by atoms with Gasteiger partial charge in [0.2, 0.25) is 5.91 Å². The summed E-state index contributed by atoms with van der Waals surface area (Å²) in [4.78, 5) is 14.3. The van der Waals surface area contributed by atoms with Crippen molar-refractivity contribution in [3.05, 3.63) is 29.8 Å². The van der Waals surface area contributed by atoms with Crippen molar-refractivity contribution in [1.82, 2.24) is 10.2 Å². The largest absolute Gasteiger partial charge is 0.494 e. The van der Waals surface area contributed by atoms with Gasteiger partial charge in [-0.2, -0.15) is 0 Å². The van der Waals surface area contributed by atoms with E-state index in [0.29, 0.717) is 13.0 Å². The third-order valence-electron chi connectivity index (χ3n) is 4.26. The molecule has 4 nitrogen and oxygen atoms in total. The molecule has 2 rings (SSSR count). The Morgan fingerprint density at radius 2 is 1.87 bits per heavy atom. The first-order valence-electron chi connectivity index (χ1n) is 8.92. The molecule has 0 radical (unpaired) electrons. The minimum Gasteiger partial charge on any atom is -0.494 e. The van der Waals surface area contributed by atoms with Crippen LogP contribution in [0.2, 0.25) is 0 Å². The molecule has 128 valence electrons. The van der Waals surface area contributed by atoms with Gasteiger partial charge in [0.25, 0.3) is 0 Å². The van der Waals surface area contributed by atoms with Gasteiger partial charge in [-0.05, 0) is 64.4 Å². The highest BCUT2D eigenvalue weighted by Crippen LogP contribution is 2.11. The molecule has 0 aliphatic carbocycles. The van der Waals surface area contributed by atoms with E-state index in [1.54, 1.807) is 0 Å². The summed E-state index contributed by atoms with van der Waals surface area (Å²) in [6.07, 6.45) is 6.37. The van der Waals surface area contributed by atoms with Gasteiger partial charge in [-0.1, -0.05) is 24.1 Å². The van der Waals surface area contributed by atoms with Gasteiger partial charge in [0.15, 0.2) is 0 Å². The van der Waals surface area contributed by atoms with Crippen molar-refractivity contribution in [2.24, 2.45) is 0 Å². The van der Waals surface area contributed by atoms with Gasteiger partial charge in [-0.3, -0.25) is 4.79 Å². The molecule has 0 unspecified atom stereocenters. The molecule has 1 fully saturated rings. The summed E-state index contributed by atoms with van der Waals surface area (Å²) < 4.78 is 5.63. The Morgan fingerprint density at radius 1 is 1.13 bits per heavy atom. The predicted octanol–water partition coefficient (Wildman–Crippen LogP) is 3.15. The van der Waals surface area contributed by atoms with Crippen molar-refractivity contribution in [2.75, 3.05) is 32.8 Å². The summed E-state index contributed by atoms with van der Waals surface area (Å²) in [5.74, 6) is 1.01. The topological polar surface area (TPSA) is 41.6 Å². The number of piperidine rings is 1. The van der Waals surface area contributed by atoms with Crippen LogP contribution in [0.5, 0.6) is 5.75 Å². The second-order valence-corrected chi connectivity index (χ2v) is 6.37. The molecule has 1 heterocycles. The van der Waals surface area contributed by atoms with Crippen LogP contribution in [0.1, 0.15) is 44.1 Å². The van der Waals surface area contributed by atoms with E-state index in [0.717, 1.165) is 31.7 Å². The van der Waals surface area contributed by atoms with Gasteiger partial charge in [-0.15, -0.1) is 0 Å². The van der Waals surface area contributed by atoms with Gasteiger partial charge in [0.1, 0.15) is 5.75 Å². The van der Waals surface area contributed by atoms with E-state index in [1.807, 2.05) is 24.3 Å². The van der Waals surface area contributed by atoms with Gasteiger partial charge < -0.3 is 15.0 Å². The van der Waals surface area contributed by atoms with E-state index >= 15 is 0 Å². The Morgan fingerprint density at radius 3 is 2.61 bits per heavy atom. The predicted molar refractivity (Wildman–Crippen MR) is 93.8 cm³/mol. The molecule has 1 saturated heterocycles. The fraction of sp³-hybridized carbons (Fsp3) is 0.632. The third-order valence-corrected chi connectivity index (χ3v) is 4.26. The third kappa shape index (κ3) is 7.51. The molecule has 1 aromatic carbocycles. The van der Waals surface area contributed by atoms with Crippen LogP contribution < -0.4 is 10.1 Å². The SMILES string of the molecule is Cc1ccc(OCCCC(=O)NCCCN2CCCCC2)cc1. The zero-order valence-electron chi connectivity index (χ0n) is 14.4. The van der Waals surface area contributed by atoms with Crippen molar-refractivity contribution in [3.63, 3.8) is 0 Å². The summed E-state index contributed by atoms with van der Waals surface area (Å²) in [6.45, 7) is 6.99. The van der Waals surface area contributed by atoms with Crippen LogP contribution in [0, 0.1) is 6.92 Å². The molecule has 1 amide bonds. The van der Waals surface area contributed by atoms with E-state index in [2.05, 4.69) is 17.1 Å². The molecular weight excluding hydrogens is 288 g/mol. The number of nitrogens with one attached hydrogen (secondary N) is 1. The summed E-state index contributed by atoms with van der Waals surface area (Å²) in [7, 11) is 0. The van der Waals surface area contributed by atoms with Crippen LogP contribution in [0.4, 0.5) is 0 Å². The minimum atomic E-state index is 0.135. The molecule has 1 aromatic rings. The van der Waals surface area contributed by atoms with Crippen molar-refractivity contribution in [3.8, 4) is 5.75 Å². The number of likely N-dealkylation sites (tertiary alicyclic amines) is 1. The molecule has 0 aromatic heterocycles. The molecule has 0 spiro atoms. The lowest BCUT2D eigenvalue weighted by Gasteiger charge is -2.26. The molecule has 4 heteroatoms. The van der Waals surface area contributed by atoms with Crippen molar-refractivity contribution >= 4 is 5.91 Å². The second-order valence-electron chi connectivity index (χ2n) is 6.37. The molecule has 0 bridgehead atoms. The first kappa shape index (κ1) is 17.8. The lowest BCUT2D eigenvalue weighted by molar-refractivity contribution is -0.121. The van der Waals surface area contributed by atoms with Gasteiger partial charge in [-0.25, -0.2) is 0 Å². The highest BCUT2D eigenvalue weighted by atomic mass is 16.5. The Bertz CT molecular complexity index is 453. The zero-order chi connectivity index (χ0) is 16.3. The Labute approximate surface area is 140 Å². The number of hydrogen-bond acceptors (Lipinski definition) is 3. The number of nitrogens with zero attached hydrogens (tertiary/aromatic N) is 1. The first-order valence-corrected chi connectivity index (χ1v) is 8.92. The molecular formula is C19H30N2O2.